The van der Waals surface area contributed by atoms with Gasteiger partial charge in [0, 0.05) is 5.92 Å². The maximum Gasteiger partial charge on any atom is 0.146 e. The quantitative estimate of drug-likeness (QED) is 0.535. The van der Waals surface area contributed by atoms with E-state index in [0.29, 0.717) is 0 Å². The largest absolute Gasteiger partial charge is 0.299 e. The molecule has 0 N–H and O–H groups in total. The molecule has 0 bridgehead atoms. The molecule has 0 spiro atoms. The highest BCUT2D eigenvalue weighted by molar-refractivity contribution is 6.03. The number of carbonyl (C=O) groups excluding carboxylic acids is 2. The lowest BCUT2D eigenvalue weighted by Crippen LogP contribution is -2.22. The Bertz CT molecular complexity index is 196. The highest BCUT2D eigenvalue weighted by Gasteiger charge is 2.39. The highest BCUT2D eigenvalue weighted by atomic mass is 16.2. The van der Waals surface area contributed by atoms with E-state index in [1.54, 1.807) is 0 Å². The van der Waals surface area contributed by atoms with Gasteiger partial charge in [0.25, 0.3) is 0 Å². The number of carbonyl (C=O) groups is 2. The summed E-state index contributed by atoms with van der Waals surface area (Å²) in [6.07, 6.45) is 0.878. The summed E-state index contributed by atoms with van der Waals surface area (Å²) in [6.45, 7) is 5.40. The Labute approximate surface area is 67.0 Å². The van der Waals surface area contributed by atoms with E-state index in [9.17, 15) is 9.59 Å². The van der Waals surface area contributed by atoms with Crippen LogP contribution in [0.1, 0.15) is 27.2 Å². The van der Waals surface area contributed by atoms with E-state index >= 15 is 0 Å². The molecule has 62 valence electrons. The van der Waals surface area contributed by atoms with E-state index in [1.807, 2.05) is 13.8 Å². The smallest absolute Gasteiger partial charge is 0.146 e. The maximum atomic E-state index is 11.3. The molecular weight excluding hydrogens is 140 g/mol. The average Bonchev–Trinajstić information content (AvgIpc) is 2.07. The number of rotatable bonds is 1. The molecule has 0 radical (unpaired) electrons. The van der Waals surface area contributed by atoms with Crippen molar-refractivity contribution in [1.29, 1.82) is 0 Å². The second-order valence-corrected chi connectivity index (χ2v) is 3.60. The van der Waals surface area contributed by atoms with Crippen LogP contribution in [0.2, 0.25) is 0 Å². The zero-order chi connectivity index (χ0) is 8.59. The van der Waals surface area contributed by atoms with E-state index in [1.165, 1.54) is 6.92 Å². The summed E-state index contributed by atoms with van der Waals surface area (Å²) in [5.41, 5.74) is 0. The Morgan fingerprint density at radius 1 is 1.45 bits per heavy atom. The SMILES string of the molecule is CC(=O)C1C(=O)C(C)CC1C. The van der Waals surface area contributed by atoms with E-state index < -0.39 is 0 Å². The van der Waals surface area contributed by atoms with Gasteiger partial charge in [0.05, 0.1) is 5.92 Å². The number of hydrogen-bond donors (Lipinski definition) is 0. The third-order valence-electron chi connectivity index (χ3n) is 2.52. The van der Waals surface area contributed by atoms with Crippen LogP contribution in [0.15, 0.2) is 0 Å². The van der Waals surface area contributed by atoms with Crippen LogP contribution in [0.5, 0.6) is 0 Å². The fraction of sp³-hybridized carbons (Fsp3) is 0.778. The summed E-state index contributed by atoms with van der Waals surface area (Å²) in [5.74, 6) is 0.232. The van der Waals surface area contributed by atoms with E-state index in [0.717, 1.165) is 6.42 Å². The summed E-state index contributed by atoms with van der Waals surface area (Å²) in [5, 5.41) is 0. The minimum atomic E-state index is -0.301. The van der Waals surface area contributed by atoms with Crippen LogP contribution in [-0.2, 0) is 9.59 Å². The van der Waals surface area contributed by atoms with Gasteiger partial charge in [-0.2, -0.15) is 0 Å². The summed E-state index contributed by atoms with van der Waals surface area (Å²) in [4.78, 5) is 22.3. The van der Waals surface area contributed by atoms with Crippen molar-refractivity contribution in [1.82, 2.24) is 0 Å². The topological polar surface area (TPSA) is 34.1 Å². The maximum absolute atomic E-state index is 11.3. The van der Waals surface area contributed by atoms with Gasteiger partial charge in [-0.3, -0.25) is 9.59 Å². The molecule has 1 aliphatic carbocycles. The van der Waals surface area contributed by atoms with Crippen LogP contribution in [0.4, 0.5) is 0 Å². The molecular formula is C9H14O2. The Hall–Kier alpha value is -0.660. The lowest BCUT2D eigenvalue weighted by molar-refractivity contribution is -0.132. The zero-order valence-corrected chi connectivity index (χ0v) is 7.26. The molecule has 11 heavy (non-hydrogen) atoms. The summed E-state index contributed by atoms with van der Waals surface area (Å²) in [7, 11) is 0. The fourth-order valence-corrected chi connectivity index (χ4v) is 2.00. The Morgan fingerprint density at radius 2 is 2.00 bits per heavy atom. The Balaban J connectivity index is 2.80. The molecule has 0 aromatic carbocycles. The zero-order valence-electron chi connectivity index (χ0n) is 7.26. The summed E-state index contributed by atoms with van der Waals surface area (Å²) in [6, 6.07) is 0. The molecule has 0 saturated heterocycles. The van der Waals surface area contributed by atoms with Crippen LogP contribution < -0.4 is 0 Å². The average molecular weight is 154 g/mol. The first-order chi connectivity index (χ1) is 5.04. The van der Waals surface area contributed by atoms with Crippen LogP contribution in [0.3, 0.4) is 0 Å². The van der Waals surface area contributed by atoms with Crippen LogP contribution in [-0.4, -0.2) is 11.6 Å². The molecule has 1 saturated carbocycles. The highest BCUT2D eigenvalue weighted by Crippen LogP contribution is 2.32. The predicted octanol–water partition coefficient (Wildman–Crippen LogP) is 1.44. The summed E-state index contributed by atoms with van der Waals surface area (Å²) >= 11 is 0. The van der Waals surface area contributed by atoms with Gasteiger partial charge in [0.15, 0.2) is 0 Å². The van der Waals surface area contributed by atoms with Gasteiger partial charge < -0.3 is 0 Å². The van der Waals surface area contributed by atoms with Gasteiger partial charge in [-0.15, -0.1) is 0 Å². The Morgan fingerprint density at radius 3 is 2.18 bits per heavy atom. The molecule has 3 atom stereocenters. The number of ketones is 2. The van der Waals surface area contributed by atoms with Crippen molar-refractivity contribution in [3.05, 3.63) is 0 Å². The van der Waals surface area contributed by atoms with Crippen molar-refractivity contribution >= 4 is 11.6 Å². The molecule has 0 aliphatic heterocycles. The number of Topliss-reactive ketones (excluding diaryl/α,β-unsaturated/α-hetero) is 2. The van der Waals surface area contributed by atoms with Gasteiger partial charge in [0.2, 0.25) is 0 Å². The molecule has 0 aromatic rings. The van der Waals surface area contributed by atoms with Crippen molar-refractivity contribution in [3.63, 3.8) is 0 Å². The molecule has 1 aliphatic rings. The second kappa shape index (κ2) is 2.76. The van der Waals surface area contributed by atoms with Crippen LogP contribution in [0, 0.1) is 17.8 Å². The molecule has 2 nitrogen and oxygen atoms in total. The third kappa shape index (κ3) is 1.35. The minimum Gasteiger partial charge on any atom is -0.299 e. The van der Waals surface area contributed by atoms with Crippen molar-refractivity contribution in [2.45, 2.75) is 27.2 Å². The minimum absolute atomic E-state index is 0.0341. The lowest BCUT2D eigenvalue weighted by Gasteiger charge is -2.07. The molecule has 1 rings (SSSR count). The molecule has 0 amide bonds. The normalized spacial score (nSPS) is 37.7. The Kier molecular flexibility index (Phi) is 2.12. The van der Waals surface area contributed by atoms with Crippen LogP contribution in [0.25, 0.3) is 0 Å². The first-order valence-corrected chi connectivity index (χ1v) is 4.08. The first-order valence-electron chi connectivity index (χ1n) is 4.08. The monoisotopic (exact) mass is 154 g/mol. The lowest BCUT2D eigenvalue weighted by atomic mass is 9.94. The van der Waals surface area contributed by atoms with Gasteiger partial charge in [-0.1, -0.05) is 13.8 Å². The molecule has 0 heterocycles. The van der Waals surface area contributed by atoms with Crippen LogP contribution >= 0.6 is 0 Å². The fourth-order valence-electron chi connectivity index (χ4n) is 2.00. The molecule has 2 heteroatoms. The first kappa shape index (κ1) is 8.44. The van der Waals surface area contributed by atoms with E-state index in [4.69, 9.17) is 0 Å². The van der Waals surface area contributed by atoms with Crippen molar-refractivity contribution in [2.75, 3.05) is 0 Å². The van der Waals surface area contributed by atoms with Crippen molar-refractivity contribution in [2.24, 2.45) is 17.8 Å². The predicted molar refractivity (Wildman–Crippen MR) is 42.1 cm³/mol. The second-order valence-electron chi connectivity index (χ2n) is 3.60. The van der Waals surface area contributed by atoms with Gasteiger partial charge >= 0.3 is 0 Å². The van der Waals surface area contributed by atoms with Gasteiger partial charge in [-0.25, -0.2) is 0 Å². The third-order valence-corrected chi connectivity index (χ3v) is 2.52. The van der Waals surface area contributed by atoms with Crippen molar-refractivity contribution in [3.8, 4) is 0 Å². The van der Waals surface area contributed by atoms with Gasteiger partial charge in [-0.05, 0) is 19.3 Å². The summed E-state index contributed by atoms with van der Waals surface area (Å²) < 4.78 is 0. The standard InChI is InChI=1S/C9H14O2/c1-5-4-6(2)9(11)8(5)7(3)10/h5-6,8H,4H2,1-3H3. The van der Waals surface area contributed by atoms with E-state index in [-0.39, 0.29) is 29.3 Å². The molecule has 0 aromatic heterocycles. The van der Waals surface area contributed by atoms with Gasteiger partial charge in [0.1, 0.15) is 11.6 Å². The number of hydrogen-bond acceptors (Lipinski definition) is 2. The van der Waals surface area contributed by atoms with Crippen molar-refractivity contribution < 1.29 is 9.59 Å². The van der Waals surface area contributed by atoms with E-state index in [2.05, 4.69) is 0 Å². The molecule has 1 fully saturated rings. The molecule has 3 unspecified atom stereocenters.